The van der Waals surface area contributed by atoms with E-state index in [4.69, 9.17) is 5.73 Å². The van der Waals surface area contributed by atoms with E-state index in [0.717, 1.165) is 18.5 Å². The number of nitrogens with two attached hydrogens (primary N) is 1. The Morgan fingerprint density at radius 2 is 2.17 bits per heavy atom. The van der Waals surface area contributed by atoms with Crippen LogP contribution in [0.15, 0.2) is 30.3 Å². The molecule has 18 heavy (non-hydrogen) atoms. The predicted molar refractivity (Wildman–Crippen MR) is 68.6 cm³/mol. The second-order valence-corrected chi connectivity index (χ2v) is 3.97. The Hall–Kier alpha value is -2.37. The maximum Gasteiger partial charge on any atom is 0.294 e. The van der Waals surface area contributed by atoms with E-state index in [0.29, 0.717) is 11.5 Å². The van der Waals surface area contributed by atoms with Crippen molar-refractivity contribution >= 4 is 11.5 Å². The fourth-order valence-corrected chi connectivity index (χ4v) is 1.82. The lowest BCUT2D eigenvalue weighted by Gasteiger charge is -2.04. The third kappa shape index (κ3) is 2.17. The van der Waals surface area contributed by atoms with Gasteiger partial charge in [-0.05, 0) is 12.5 Å². The van der Waals surface area contributed by atoms with Gasteiger partial charge in [-0.3, -0.25) is 10.1 Å². The molecule has 0 fully saturated rings. The van der Waals surface area contributed by atoms with Crippen molar-refractivity contribution in [2.24, 2.45) is 0 Å². The first kappa shape index (κ1) is 12.1. The van der Waals surface area contributed by atoms with Gasteiger partial charge in [0.1, 0.15) is 11.5 Å². The molecule has 0 bridgehead atoms. The molecule has 0 saturated carbocycles. The van der Waals surface area contributed by atoms with E-state index in [1.807, 2.05) is 6.92 Å². The molecule has 6 heteroatoms. The molecule has 0 radical (unpaired) electrons. The number of hydrogen-bond acceptors (Lipinski definition) is 4. The first-order valence-corrected chi connectivity index (χ1v) is 5.71. The van der Waals surface area contributed by atoms with Gasteiger partial charge in [0.25, 0.3) is 5.69 Å². The number of hydrogen-bond donors (Lipinski definition) is 1. The number of anilines is 1. The molecule has 1 aromatic carbocycles. The molecule has 1 aromatic heterocycles. The average molecular weight is 246 g/mol. The number of nitrogen functional groups attached to an aromatic ring is 1. The number of nitro groups is 1. The topological polar surface area (TPSA) is 87.0 Å². The van der Waals surface area contributed by atoms with E-state index in [2.05, 4.69) is 5.10 Å². The molecular formula is C12H14N4O2. The summed E-state index contributed by atoms with van der Waals surface area (Å²) in [6.07, 6.45) is 1.76. The maximum absolute atomic E-state index is 11.0. The average Bonchev–Trinajstić information content (AvgIpc) is 2.70. The van der Waals surface area contributed by atoms with Crippen LogP contribution in [0.25, 0.3) is 5.69 Å². The van der Waals surface area contributed by atoms with E-state index < -0.39 is 4.92 Å². The normalized spacial score (nSPS) is 10.5. The van der Waals surface area contributed by atoms with E-state index >= 15 is 0 Å². The number of rotatable bonds is 4. The number of aromatic nitrogens is 2. The summed E-state index contributed by atoms with van der Waals surface area (Å²) in [5, 5.41) is 15.3. The lowest BCUT2D eigenvalue weighted by molar-refractivity contribution is -0.384. The Kier molecular flexibility index (Phi) is 3.27. The quantitative estimate of drug-likeness (QED) is 0.662. The Labute approximate surface area is 104 Å². The summed E-state index contributed by atoms with van der Waals surface area (Å²) in [5.74, 6) is 0.410. The molecule has 0 unspecified atom stereocenters. The van der Waals surface area contributed by atoms with Crippen molar-refractivity contribution in [3.8, 4) is 5.69 Å². The first-order valence-electron chi connectivity index (χ1n) is 5.71. The monoisotopic (exact) mass is 246 g/mol. The van der Waals surface area contributed by atoms with E-state index in [9.17, 15) is 10.1 Å². The highest BCUT2D eigenvalue weighted by atomic mass is 16.6. The number of nitrogens with zero attached hydrogens (tertiary/aromatic N) is 3. The standard InChI is InChI=1S/C12H14N4O2/c1-2-5-9-8-12(13)15(14-9)10-6-3-4-7-11(10)16(17)18/h3-4,6-8H,2,5,13H2,1H3. The van der Waals surface area contributed by atoms with Crippen molar-refractivity contribution in [1.82, 2.24) is 9.78 Å². The molecule has 94 valence electrons. The van der Waals surface area contributed by atoms with Crippen molar-refractivity contribution in [2.45, 2.75) is 19.8 Å². The second kappa shape index (κ2) is 4.87. The summed E-state index contributed by atoms with van der Waals surface area (Å²) in [5.41, 5.74) is 7.08. The zero-order chi connectivity index (χ0) is 13.1. The van der Waals surface area contributed by atoms with Crippen molar-refractivity contribution < 1.29 is 4.92 Å². The fourth-order valence-electron chi connectivity index (χ4n) is 1.82. The van der Waals surface area contributed by atoms with Crippen LogP contribution in [0.5, 0.6) is 0 Å². The van der Waals surface area contributed by atoms with Crippen LogP contribution in [-0.4, -0.2) is 14.7 Å². The lowest BCUT2D eigenvalue weighted by atomic mass is 10.2. The molecule has 2 N–H and O–H groups in total. The van der Waals surface area contributed by atoms with Gasteiger partial charge in [0.05, 0.1) is 10.6 Å². The van der Waals surface area contributed by atoms with Crippen LogP contribution >= 0.6 is 0 Å². The van der Waals surface area contributed by atoms with E-state index in [-0.39, 0.29) is 5.69 Å². The highest BCUT2D eigenvalue weighted by molar-refractivity contribution is 5.55. The largest absolute Gasteiger partial charge is 0.384 e. The number of benzene rings is 1. The Bertz CT molecular complexity index is 577. The highest BCUT2D eigenvalue weighted by Crippen LogP contribution is 2.24. The molecule has 0 aliphatic carbocycles. The highest BCUT2D eigenvalue weighted by Gasteiger charge is 2.17. The van der Waals surface area contributed by atoms with Crippen molar-refractivity contribution in [2.75, 3.05) is 5.73 Å². The van der Waals surface area contributed by atoms with Crippen LogP contribution in [0.2, 0.25) is 0 Å². The molecule has 0 aliphatic rings. The van der Waals surface area contributed by atoms with Gasteiger partial charge in [0.2, 0.25) is 0 Å². The third-order valence-corrected chi connectivity index (χ3v) is 2.60. The van der Waals surface area contributed by atoms with Crippen LogP contribution in [0.3, 0.4) is 0 Å². The minimum absolute atomic E-state index is 0.00431. The SMILES string of the molecule is CCCc1cc(N)n(-c2ccccc2[N+](=O)[O-])n1. The van der Waals surface area contributed by atoms with Crippen molar-refractivity contribution in [3.05, 3.63) is 46.1 Å². The number of nitro benzene ring substituents is 1. The van der Waals surface area contributed by atoms with Gasteiger partial charge in [0, 0.05) is 12.1 Å². The van der Waals surface area contributed by atoms with Gasteiger partial charge in [-0.2, -0.15) is 5.10 Å². The lowest BCUT2D eigenvalue weighted by Crippen LogP contribution is -2.05. The number of aryl methyl sites for hydroxylation is 1. The minimum Gasteiger partial charge on any atom is -0.384 e. The van der Waals surface area contributed by atoms with Crippen molar-refractivity contribution in [1.29, 1.82) is 0 Å². The molecule has 0 atom stereocenters. The summed E-state index contributed by atoms with van der Waals surface area (Å²) in [4.78, 5) is 10.5. The van der Waals surface area contributed by atoms with Gasteiger partial charge in [-0.25, -0.2) is 4.68 Å². The molecule has 0 saturated heterocycles. The van der Waals surface area contributed by atoms with E-state index in [1.54, 1.807) is 24.3 Å². The van der Waals surface area contributed by atoms with Crippen LogP contribution in [0.4, 0.5) is 11.5 Å². The van der Waals surface area contributed by atoms with Crippen molar-refractivity contribution in [3.63, 3.8) is 0 Å². The maximum atomic E-state index is 11.0. The first-order chi connectivity index (χ1) is 8.63. The number of para-hydroxylation sites is 2. The molecule has 1 heterocycles. The molecule has 0 spiro atoms. The summed E-state index contributed by atoms with van der Waals surface area (Å²) < 4.78 is 1.42. The molecular weight excluding hydrogens is 232 g/mol. The van der Waals surface area contributed by atoms with Gasteiger partial charge in [-0.1, -0.05) is 25.5 Å². The van der Waals surface area contributed by atoms with Crippen LogP contribution in [-0.2, 0) is 6.42 Å². The van der Waals surface area contributed by atoms with Crippen LogP contribution in [0, 0.1) is 10.1 Å². The minimum atomic E-state index is -0.435. The summed E-state index contributed by atoms with van der Waals surface area (Å²) in [6, 6.07) is 8.17. The summed E-state index contributed by atoms with van der Waals surface area (Å²) in [7, 11) is 0. The molecule has 0 aliphatic heterocycles. The Morgan fingerprint density at radius 1 is 1.44 bits per heavy atom. The molecule has 0 amide bonds. The van der Waals surface area contributed by atoms with Crippen LogP contribution < -0.4 is 5.73 Å². The zero-order valence-corrected chi connectivity index (χ0v) is 10.0. The Balaban J connectivity index is 2.51. The zero-order valence-electron chi connectivity index (χ0n) is 10.0. The molecule has 2 rings (SSSR count). The summed E-state index contributed by atoms with van der Waals surface area (Å²) in [6.45, 7) is 2.04. The summed E-state index contributed by atoms with van der Waals surface area (Å²) >= 11 is 0. The van der Waals surface area contributed by atoms with Gasteiger partial charge >= 0.3 is 0 Å². The van der Waals surface area contributed by atoms with Crippen LogP contribution in [0.1, 0.15) is 19.0 Å². The molecule has 6 nitrogen and oxygen atoms in total. The fraction of sp³-hybridized carbons (Fsp3) is 0.250. The third-order valence-electron chi connectivity index (χ3n) is 2.60. The Morgan fingerprint density at radius 3 is 2.83 bits per heavy atom. The predicted octanol–water partition coefficient (Wildman–Crippen LogP) is 2.32. The van der Waals surface area contributed by atoms with E-state index in [1.165, 1.54) is 10.7 Å². The van der Waals surface area contributed by atoms with Gasteiger partial charge in [-0.15, -0.1) is 0 Å². The van der Waals surface area contributed by atoms with Gasteiger partial charge in [0.15, 0.2) is 0 Å². The van der Waals surface area contributed by atoms with Gasteiger partial charge < -0.3 is 5.73 Å². The smallest absolute Gasteiger partial charge is 0.294 e. The second-order valence-electron chi connectivity index (χ2n) is 3.97. The molecule has 2 aromatic rings.